The summed E-state index contributed by atoms with van der Waals surface area (Å²) in [5.41, 5.74) is 9.58. The molecule has 1 atom stereocenters. The minimum Gasteiger partial charge on any atom is -0.504 e. The van der Waals surface area contributed by atoms with Crippen LogP contribution in [0.2, 0.25) is 0 Å². The molecule has 5 nitrogen and oxygen atoms in total. The lowest BCUT2D eigenvalue weighted by Gasteiger charge is -2.20. The maximum atomic E-state index is 9.77. The van der Waals surface area contributed by atoms with Gasteiger partial charge in [-0.05, 0) is 35.2 Å². The fourth-order valence-corrected chi connectivity index (χ4v) is 2.95. The monoisotopic (exact) mass is 307 g/mol. The highest BCUT2D eigenvalue weighted by Crippen LogP contribution is 2.36. The lowest BCUT2D eigenvalue weighted by Crippen LogP contribution is -2.31. The molecule has 4 rings (SSSR count). The molecule has 1 unspecified atom stereocenters. The summed E-state index contributed by atoms with van der Waals surface area (Å²) in [4.78, 5) is 0. The second-order valence-electron chi connectivity index (χ2n) is 5.49. The minimum atomic E-state index is -0.164. The smallest absolute Gasteiger partial charge is 0.160 e. The van der Waals surface area contributed by atoms with Crippen LogP contribution in [0.5, 0.6) is 11.5 Å². The number of hydrogen-bond donors (Lipinski definition) is 4. The Labute approximate surface area is 133 Å². The summed E-state index contributed by atoms with van der Waals surface area (Å²) in [5, 5.41) is 15.6. The largest absolute Gasteiger partial charge is 0.504 e. The van der Waals surface area contributed by atoms with E-state index in [0.29, 0.717) is 5.75 Å². The molecule has 0 aromatic heterocycles. The van der Waals surface area contributed by atoms with Crippen LogP contribution in [-0.2, 0) is 0 Å². The first-order chi connectivity index (χ1) is 11.3. The van der Waals surface area contributed by atoms with Gasteiger partial charge < -0.3 is 20.6 Å². The average Bonchev–Trinajstić information content (AvgIpc) is 2.77. The van der Waals surface area contributed by atoms with Crippen molar-refractivity contribution in [2.24, 2.45) is 0 Å². The van der Waals surface area contributed by atoms with Crippen molar-refractivity contribution in [3.8, 4) is 11.5 Å². The topological polar surface area (TPSA) is 65.5 Å². The zero-order chi connectivity index (χ0) is 15.8. The molecule has 0 bridgehead atoms. The van der Waals surface area contributed by atoms with Crippen LogP contribution in [0.3, 0.4) is 0 Å². The van der Waals surface area contributed by atoms with Crippen molar-refractivity contribution in [3.63, 3.8) is 0 Å². The second kappa shape index (κ2) is 5.37. The van der Waals surface area contributed by atoms with Gasteiger partial charge in [-0.15, -0.1) is 0 Å². The maximum absolute atomic E-state index is 9.77. The molecule has 1 aliphatic heterocycles. The van der Waals surface area contributed by atoms with Gasteiger partial charge in [-0.3, -0.25) is 0 Å². The summed E-state index contributed by atoms with van der Waals surface area (Å²) in [6.07, 6.45) is -0.164. The average molecular weight is 307 g/mol. The van der Waals surface area contributed by atoms with E-state index >= 15 is 0 Å². The number of hydrogen-bond acceptors (Lipinski definition) is 5. The van der Waals surface area contributed by atoms with Crippen LogP contribution in [0.15, 0.2) is 54.6 Å². The van der Waals surface area contributed by atoms with Crippen molar-refractivity contribution >= 4 is 22.1 Å². The third-order valence-electron chi connectivity index (χ3n) is 4.09. The first-order valence-corrected chi connectivity index (χ1v) is 7.43. The lowest BCUT2D eigenvalue weighted by molar-refractivity contribution is 0.372. The molecule has 5 heteroatoms. The number of hydrazine groups is 1. The molecule has 3 aromatic carbocycles. The summed E-state index contributed by atoms with van der Waals surface area (Å²) >= 11 is 0. The Kier molecular flexibility index (Phi) is 3.20. The van der Waals surface area contributed by atoms with Crippen LogP contribution in [-0.4, -0.2) is 12.2 Å². The van der Waals surface area contributed by atoms with Crippen LogP contribution in [0.1, 0.15) is 11.7 Å². The highest BCUT2D eigenvalue weighted by molar-refractivity contribution is 6.03. The molecule has 0 saturated carbocycles. The van der Waals surface area contributed by atoms with Crippen molar-refractivity contribution in [2.45, 2.75) is 6.17 Å². The number of phenolic OH excluding ortho intramolecular Hbond substituents is 1. The van der Waals surface area contributed by atoms with Gasteiger partial charge in [0.25, 0.3) is 0 Å². The van der Waals surface area contributed by atoms with Gasteiger partial charge in [0.05, 0.1) is 12.8 Å². The van der Waals surface area contributed by atoms with Gasteiger partial charge in [-0.25, -0.2) is 5.43 Å². The Morgan fingerprint density at radius 2 is 1.78 bits per heavy atom. The summed E-state index contributed by atoms with van der Waals surface area (Å²) in [5.74, 6) is 0.578. The number of phenols is 1. The Morgan fingerprint density at radius 3 is 2.57 bits per heavy atom. The molecule has 0 spiro atoms. The van der Waals surface area contributed by atoms with E-state index in [0.717, 1.165) is 22.3 Å². The number of rotatable bonds is 2. The van der Waals surface area contributed by atoms with E-state index in [2.05, 4.69) is 34.4 Å². The molecular weight excluding hydrogens is 290 g/mol. The molecule has 0 fully saturated rings. The molecule has 116 valence electrons. The van der Waals surface area contributed by atoms with Gasteiger partial charge in [0, 0.05) is 11.1 Å². The third kappa shape index (κ3) is 2.31. The zero-order valence-corrected chi connectivity index (χ0v) is 12.6. The fraction of sp³-hybridized carbons (Fsp3) is 0.111. The standard InChI is InChI=1S/C18H17N3O2/c1-23-16-10-12(8-9-15(16)22)18-19-13-6-2-4-11-5-3-7-14(17(11)13)20-21-18/h2-10,18-22H,1H3. The Hall–Kier alpha value is -2.92. The predicted molar refractivity (Wildman–Crippen MR) is 91.7 cm³/mol. The molecule has 0 amide bonds. The Bertz CT molecular complexity index is 874. The van der Waals surface area contributed by atoms with Crippen LogP contribution >= 0.6 is 0 Å². The summed E-state index contributed by atoms with van der Waals surface area (Å²) in [6.45, 7) is 0. The van der Waals surface area contributed by atoms with E-state index in [4.69, 9.17) is 4.74 Å². The Balaban J connectivity index is 1.77. The molecule has 4 N–H and O–H groups in total. The van der Waals surface area contributed by atoms with Crippen LogP contribution < -0.4 is 20.9 Å². The Morgan fingerprint density at radius 1 is 1.00 bits per heavy atom. The highest BCUT2D eigenvalue weighted by atomic mass is 16.5. The number of ether oxygens (including phenoxy) is 1. The van der Waals surface area contributed by atoms with E-state index in [-0.39, 0.29) is 11.9 Å². The fourth-order valence-electron chi connectivity index (χ4n) is 2.95. The number of benzene rings is 3. The van der Waals surface area contributed by atoms with Crippen LogP contribution in [0.25, 0.3) is 10.8 Å². The molecule has 0 radical (unpaired) electrons. The molecule has 23 heavy (non-hydrogen) atoms. The normalized spacial score (nSPS) is 16.3. The van der Waals surface area contributed by atoms with Crippen LogP contribution in [0, 0.1) is 0 Å². The second-order valence-corrected chi connectivity index (χ2v) is 5.49. The predicted octanol–water partition coefficient (Wildman–Crippen LogP) is 3.59. The molecular formula is C18H17N3O2. The summed E-state index contributed by atoms with van der Waals surface area (Å²) < 4.78 is 5.20. The highest BCUT2D eigenvalue weighted by Gasteiger charge is 2.19. The van der Waals surface area contributed by atoms with E-state index in [1.54, 1.807) is 13.2 Å². The van der Waals surface area contributed by atoms with Crippen molar-refractivity contribution in [1.29, 1.82) is 0 Å². The first kappa shape index (κ1) is 13.7. The number of anilines is 2. The first-order valence-electron chi connectivity index (χ1n) is 7.43. The van der Waals surface area contributed by atoms with Crippen LogP contribution in [0.4, 0.5) is 11.4 Å². The van der Waals surface area contributed by atoms with Gasteiger partial charge in [-0.1, -0.05) is 30.3 Å². The van der Waals surface area contributed by atoms with Gasteiger partial charge >= 0.3 is 0 Å². The van der Waals surface area contributed by atoms with Gasteiger partial charge in [0.2, 0.25) is 0 Å². The van der Waals surface area contributed by atoms with Crippen molar-refractivity contribution in [2.75, 3.05) is 17.9 Å². The van der Waals surface area contributed by atoms with E-state index in [9.17, 15) is 5.11 Å². The number of aromatic hydroxyl groups is 1. The number of methoxy groups -OCH3 is 1. The van der Waals surface area contributed by atoms with Gasteiger partial charge in [0.15, 0.2) is 11.5 Å². The molecule has 0 aliphatic carbocycles. The van der Waals surface area contributed by atoms with E-state index < -0.39 is 0 Å². The molecule has 1 aliphatic rings. The molecule has 3 aromatic rings. The molecule has 1 heterocycles. The van der Waals surface area contributed by atoms with Gasteiger partial charge in [0.1, 0.15) is 6.17 Å². The lowest BCUT2D eigenvalue weighted by atomic mass is 10.1. The number of nitrogens with one attached hydrogen (secondary N) is 3. The van der Waals surface area contributed by atoms with Crippen molar-refractivity contribution in [1.82, 2.24) is 5.43 Å². The SMILES string of the molecule is COc1cc(C2NNc3cccc4cccc(c34)N2)ccc1O. The minimum absolute atomic E-state index is 0.128. The van der Waals surface area contributed by atoms with E-state index in [1.807, 2.05) is 30.3 Å². The van der Waals surface area contributed by atoms with Crippen molar-refractivity contribution in [3.05, 3.63) is 60.2 Å². The summed E-state index contributed by atoms with van der Waals surface area (Å²) in [7, 11) is 1.54. The van der Waals surface area contributed by atoms with E-state index in [1.165, 1.54) is 5.39 Å². The maximum Gasteiger partial charge on any atom is 0.160 e. The quantitative estimate of drug-likeness (QED) is 0.582. The summed E-state index contributed by atoms with van der Waals surface area (Å²) in [6, 6.07) is 17.7. The molecule has 0 saturated heterocycles. The van der Waals surface area contributed by atoms with Crippen molar-refractivity contribution < 1.29 is 9.84 Å². The third-order valence-corrected chi connectivity index (χ3v) is 4.09. The van der Waals surface area contributed by atoms with Gasteiger partial charge in [-0.2, -0.15) is 0 Å². The zero-order valence-electron chi connectivity index (χ0n) is 12.6.